The first-order chi connectivity index (χ1) is 25.5. The molecule has 0 N–H and O–H groups in total. The van der Waals surface area contributed by atoms with Gasteiger partial charge in [-0.05, 0) is 38.5 Å². The number of phosphoric ester groups is 1. The lowest BCUT2D eigenvalue weighted by Gasteiger charge is -2.28. The molecular formula is C43H84NO8P. The van der Waals surface area contributed by atoms with Crippen LogP contribution in [0.25, 0.3) is 0 Å². The average Bonchev–Trinajstić information content (AvgIpc) is 3.10. The molecule has 0 rings (SSSR count). The molecule has 0 heterocycles. The van der Waals surface area contributed by atoms with E-state index in [1.54, 1.807) is 0 Å². The number of phosphoric acid groups is 1. The number of hydrogen-bond acceptors (Lipinski definition) is 8. The number of likely N-dealkylation sites (N-methyl/N-ethyl adjacent to an activating group) is 1. The Bertz CT molecular complexity index is 922. The first kappa shape index (κ1) is 51.8. The highest BCUT2D eigenvalue weighted by molar-refractivity contribution is 7.45. The molecule has 2 atom stereocenters. The fourth-order valence-electron chi connectivity index (χ4n) is 6.06. The third-order valence-corrected chi connectivity index (χ3v) is 10.5. The van der Waals surface area contributed by atoms with Crippen molar-refractivity contribution in [1.29, 1.82) is 0 Å². The Morgan fingerprint density at radius 3 is 1.40 bits per heavy atom. The number of nitrogens with zero attached hydrogens (tertiary/aromatic N) is 1. The molecular weight excluding hydrogens is 689 g/mol. The number of ether oxygens (including phenoxy) is 2. The van der Waals surface area contributed by atoms with E-state index >= 15 is 0 Å². The molecule has 0 spiro atoms. The van der Waals surface area contributed by atoms with E-state index < -0.39 is 26.5 Å². The topological polar surface area (TPSA) is 111 Å². The minimum Gasteiger partial charge on any atom is -0.756 e. The van der Waals surface area contributed by atoms with E-state index in [9.17, 15) is 19.0 Å². The summed E-state index contributed by atoms with van der Waals surface area (Å²) in [5.41, 5.74) is 0. The minimum absolute atomic E-state index is 0.0281. The molecule has 9 nitrogen and oxygen atoms in total. The lowest BCUT2D eigenvalue weighted by atomic mass is 10.1. The SMILES string of the molecule is CCCCCCCC/C=C/CCCCCCCCCCCC(=O)OC[C@@H](COP(=O)([O-])OCC[N+](C)(C)C)OC(=O)CCCCCCCCCCCC. The van der Waals surface area contributed by atoms with Crippen molar-refractivity contribution in [3.05, 3.63) is 12.2 Å². The Balaban J connectivity index is 4.25. The molecule has 0 amide bonds. The van der Waals surface area contributed by atoms with E-state index in [4.69, 9.17) is 18.5 Å². The van der Waals surface area contributed by atoms with Gasteiger partial charge in [-0.15, -0.1) is 0 Å². The van der Waals surface area contributed by atoms with Crippen LogP contribution < -0.4 is 4.89 Å². The molecule has 0 aliphatic carbocycles. The van der Waals surface area contributed by atoms with Gasteiger partial charge in [-0.3, -0.25) is 14.2 Å². The molecule has 53 heavy (non-hydrogen) atoms. The monoisotopic (exact) mass is 774 g/mol. The molecule has 0 radical (unpaired) electrons. The molecule has 0 saturated carbocycles. The van der Waals surface area contributed by atoms with Crippen LogP contribution in [0.2, 0.25) is 0 Å². The first-order valence-electron chi connectivity index (χ1n) is 21.9. The molecule has 0 aromatic rings. The summed E-state index contributed by atoms with van der Waals surface area (Å²) in [5, 5.41) is 0. The van der Waals surface area contributed by atoms with E-state index in [1.807, 2.05) is 21.1 Å². The Hall–Kier alpha value is -1.25. The quantitative estimate of drug-likeness (QED) is 0.0199. The fraction of sp³-hybridized carbons (Fsp3) is 0.907. The molecule has 0 aromatic heterocycles. The van der Waals surface area contributed by atoms with Gasteiger partial charge in [0.25, 0.3) is 7.82 Å². The minimum atomic E-state index is -4.61. The molecule has 1 unspecified atom stereocenters. The number of hydrogen-bond donors (Lipinski definition) is 0. The standard InChI is InChI=1S/C43H84NO8P/c1-6-8-10-12-14-16-18-19-20-21-22-23-24-25-26-28-29-31-33-35-42(45)49-39-41(40-51-53(47,48)50-38-37-44(3,4)5)52-43(46)36-34-32-30-27-17-15-13-11-9-7-2/h19-20,41H,6-18,21-40H2,1-5H3/b20-19+/t41-/m0/s1. The van der Waals surface area contributed by atoms with Crippen molar-refractivity contribution in [2.24, 2.45) is 0 Å². The van der Waals surface area contributed by atoms with Gasteiger partial charge in [0.15, 0.2) is 6.10 Å². The average molecular weight is 774 g/mol. The van der Waals surface area contributed by atoms with Crippen LogP contribution in [0.1, 0.15) is 200 Å². The fourth-order valence-corrected chi connectivity index (χ4v) is 6.79. The van der Waals surface area contributed by atoms with Crippen molar-refractivity contribution in [1.82, 2.24) is 0 Å². The van der Waals surface area contributed by atoms with Gasteiger partial charge < -0.3 is 27.9 Å². The Labute approximate surface area is 326 Å². The lowest BCUT2D eigenvalue weighted by Crippen LogP contribution is -2.37. The van der Waals surface area contributed by atoms with E-state index in [1.165, 1.54) is 128 Å². The van der Waals surface area contributed by atoms with Gasteiger partial charge in [0.1, 0.15) is 19.8 Å². The maximum absolute atomic E-state index is 12.6. The maximum atomic E-state index is 12.6. The summed E-state index contributed by atoms with van der Waals surface area (Å²) in [7, 11) is 1.17. The summed E-state index contributed by atoms with van der Waals surface area (Å²) in [5.74, 6) is -0.831. The van der Waals surface area contributed by atoms with Crippen LogP contribution in [0.5, 0.6) is 0 Å². The second-order valence-electron chi connectivity index (χ2n) is 16.1. The molecule has 10 heteroatoms. The normalized spacial score (nSPS) is 13.7. The highest BCUT2D eigenvalue weighted by Gasteiger charge is 2.21. The number of carbonyl (C=O) groups is 2. The second kappa shape index (κ2) is 36.4. The number of quaternary nitrogens is 1. The van der Waals surface area contributed by atoms with Crippen LogP contribution in [-0.2, 0) is 32.7 Å². The second-order valence-corrected chi connectivity index (χ2v) is 17.5. The zero-order chi connectivity index (χ0) is 39.3. The van der Waals surface area contributed by atoms with Crippen LogP contribution in [0.15, 0.2) is 12.2 Å². The molecule has 0 aliphatic heterocycles. The maximum Gasteiger partial charge on any atom is 0.306 e. The third kappa shape index (κ3) is 40.2. The summed E-state index contributed by atoms with van der Waals surface area (Å²) in [6.45, 7) is 4.22. The first-order valence-corrected chi connectivity index (χ1v) is 23.4. The molecule has 0 fully saturated rings. The van der Waals surface area contributed by atoms with Gasteiger partial charge >= 0.3 is 11.9 Å². The predicted octanol–water partition coefficient (Wildman–Crippen LogP) is 11.6. The van der Waals surface area contributed by atoms with Crippen molar-refractivity contribution in [2.75, 3.05) is 47.5 Å². The number of rotatable bonds is 40. The van der Waals surface area contributed by atoms with Crippen LogP contribution >= 0.6 is 7.82 Å². The molecule has 0 aliphatic rings. The molecule has 0 bridgehead atoms. The van der Waals surface area contributed by atoms with Gasteiger partial charge in [0.05, 0.1) is 27.7 Å². The summed E-state index contributed by atoms with van der Waals surface area (Å²) >= 11 is 0. The van der Waals surface area contributed by atoms with Crippen molar-refractivity contribution in [3.63, 3.8) is 0 Å². The third-order valence-electron chi connectivity index (χ3n) is 9.54. The zero-order valence-corrected chi connectivity index (χ0v) is 36.1. The van der Waals surface area contributed by atoms with Crippen LogP contribution in [0.4, 0.5) is 0 Å². The summed E-state index contributed by atoms with van der Waals surface area (Å²) in [6, 6.07) is 0. The Morgan fingerprint density at radius 2 is 0.962 bits per heavy atom. The van der Waals surface area contributed by atoms with E-state index in [0.29, 0.717) is 17.4 Å². The van der Waals surface area contributed by atoms with Crippen LogP contribution in [0, 0.1) is 0 Å². The Kier molecular flexibility index (Phi) is 35.5. The van der Waals surface area contributed by atoms with Crippen molar-refractivity contribution < 1.29 is 42.1 Å². The van der Waals surface area contributed by atoms with E-state index in [2.05, 4.69) is 26.0 Å². The van der Waals surface area contributed by atoms with Crippen molar-refractivity contribution in [2.45, 2.75) is 206 Å². The zero-order valence-electron chi connectivity index (χ0n) is 35.2. The number of allylic oxidation sites excluding steroid dienone is 2. The van der Waals surface area contributed by atoms with Gasteiger partial charge in [-0.2, -0.15) is 0 Å². The van der Waals surface area contributed by atoms with Crippen LogP contribution in [0.3, 0.4) is 0 Å². The molecule has 0 saturated heterocycles. The number of esters is 2. The van der Waals surface area contributed by atoms with Gasteiger partial charge in [-0.25, -0.2) is 0 Å². The van der Waals surface area contributed by atoms with Gasteiger partial charge in [-0.1, -0.05) is 161 Å². The summed E-state index contributed by atoms with van der Waals surface area (Å²) in [6.07, 6.45) is 36.7. The largest absolute Gasteiger partial charge is 0.756 e. The summed E-state index contributed by atoms with van der Waals surface area (Å²) in [4.78, 5) is 37.4. The predicted molar refractivity (Wildman–Crippen MR) is 218 cm³/mol. The van der Waals surface area contributed by atoms with E-state index in [-0.39, 0.29) is 32.0 Å². The van der Waals surface area contributed by atoms with Gasteiger partial charge in [0, 0.05) is 12.8 Å². The van der Waals surface area contributed by atoms with Crippen LogP contribution in [-0.4, -0.2) is 70.0 Å². The number of unbranched alkanes of at least 4 members (excludes halogenated alkanes) is 24. The van der Waals surface area contributed by atoms with Crippen molar-refractivity contribution >= 4 is 19.8 Å². The lowest BCUT2D eigenvalue weighted by molar-refractivity contribution is -0.870. The Morgan fingerprint density at radius 1 is 0.566 bits per heavy atom. The summed E-state index contributed by atoms with van der Waals surface area (Å²) < 4.78 is 33.8. The smallest absolute Gasteiger partial charge is 0.306 e. The highest BCUT2D eigenvalue weighted by atomic mass is 31.2. The van der Waals surface area contributed by atoms with E-state index in [0.717, 1.165) is 38.5 Å². The van der Waals surface area contributed by atoms with Gasteiger partial charge in [0.2, 0.25) is 0 Å². The number of carbonyl (C=O) groups excluding carboxylic acids is 2. The molecule has 0 aromatic carbocycles. The highest BCUT2D eigenvalue weighted by Crippen LogP contribution is 2.38. The molecule has 314 valence electrons. The van der Waals surface area contributed by atoms with Crippen molar-refractivity contribution in [3.8, 4) is 0 Å².